The molecule has 1 aromatic heterocycles. The largest absolute Gasteiger partial charge is 0.359 e. The molecule has 0 spiro atoms. The summed E-state index contributed by atoms with van der Waals surface area (Å²) < 4.78 is 1.94. The third kappa shape index (κ3) is 6.07. The van der Waals surface area contributed by atoms with E-state index >= 15 is 0 Å². The molecule has 7 nitrogen and oxygen atoms in total. The molecule has 2 aromatic rings. The number of hydrogen-bond acceptors (Lipinski definition) is 3. The predicted molar refractivity (Wildman–Crippen MR) is 116 cm³/mol. The topological polar surface area (TPSA) is 74.5 Å². The number of guanidine groups is 1. The molecule has 0 aliphatic carbocycles. The third-order valence-electron chi connectivity index (χ3n) is 5.41. The van der Waals surface area contributed by atoms with Crippen LogP contribution in [0.25, 0.3) is 0 Å². The SMILES string of the molecule is CCNC(=NCc1ccccc1Cn1cccn1)N1CCC(CC(=O)NC)CC1. The molecule has 2 N–H and O–H groups in total. The van der Waals surface area contributed by atoms with E-state index in [-0.39, 0.29) is 5.91 Å². The van der Waals surface area contributed by atoms with Gasteiger partial charge < -0.3 is 15.5 Å². The molecule has 3 rings (SSSR count). The number of rotatable bonds is 7. The van der Waals surface area contributed by atoms with E-state index in [0.29, 0.717) is 18.9 Å². The second-order valence-corrected chi connectivity index (χ2v) is 7.45. The summed E-state index contributed by atoms with van der Waals surface area (Å²) >= 11 is 0. The fourth-order valence-electron chi connectivity index (χ4n) is 3.73. The Kier molecular flexibility index (Phi) is 7.67. The van der Waals surface area contributed by atoms with Gasteiger partial charge in [-0.2, -0.15) is 5.10 Å². The van der Waals surface area contributed by atoms with Gasteiger partial charge in [0.05, 0.1) is 13.1 Å². The third-order valence-corrected chi connectivity index (χ3v) is 5.41. The summed E-state index contributed by atoms with van der Waals surface area (Å²) in [5.41, 5.74) is 2.45. The van der Waals surface area contributed by atoms with E-state index < -0.39 is 0 Å². The van der Waals surface area contributed by atoms with E-state index in [0.717, 1.165) is 45.0 Å². The number of likely N-dealkylation sites (tertiary alicyclic amines) is 1. The maximum Gasteiger partial charge on any atom is 0.220 e. The molecule has 1 aliphatic heterocycles. The van der Waals surface area contributed by atoms with Gasteiger partial charge in [0.2, 0.25) is 5.91 Å². The van der Waals surface area contributed by atoms with Gasteiger partial charge in [-0.1, -0.05) is 24.3 Å². The number of nitrogens with zero attached hydrogens (tertiary/aromatic N) is 4. The average Bonchev–Trinajstić information content (AvgIpc) is 3.26. The first-order chi connectivity index (χ1) is 14.2. The van der Waals surface area contributed by atoms with Crippen LogP contribution < -0.4 is 10.6 Å². The number of piperidine rings is 1. The molecule has 1 aromatic carbocycles. The Hall–Kier alpha value is -2.83. The molecule has 0 unspecified atom stereocenters. The molecule has 1 amide bonds. The zero-order valence-electron chi connectivity index (χ0n) is 17.5. The molecule has 0 radical (unpaired) electrons. The number of carbonyl (C=O) groups is 1. The Labute approximate surface area is 173 Å². The van der Waals surface area contributed by atoms with Crippen molar-refractivity contribution in [2.45, 2.75) is 39.3 Å². The van der Waals surface area contributed by atoms with Gasteiger partial charge in [0.1, 0.15) is 0 Å². The van der Waals surface area contributed by atoms with Gasteiger partial charge in [-0.25, -0.2) is 4.99 Å². The van der Waals surface area contributed by atoms with E-state index in [9.17, 15) is 4.79 Å². The highest BCUT2D eigenvalue weighted by Crippen LogP contribution is 2.21. The highest BCUT2D eigenvalue weighted by molar-refractivity contribution is 5.80. The normalized spacial score (nSPS) is 15.4. The molecule has 1 aliphatic rings. The number of aromatic nitrogens is 2. The summed E-state index contributed by atoms with van der Waals surface area (Å²) in [4.78, 5) is 18.9. The van der Waals surface area contributed by atoms with Crippen LogP contribution in [0.15, 0.2) is 47.7 Å². The number of amides is 1. The van der Waals surface area contributed by atoms with E-state index in [1.807, 2.05) is 16.9 Å². The maximum absolute atomic E-state index is 11.6. The van der Waals surface area contributed by atoms with Crippen molar-refractivity contribution in [1.82, 2.24) is 25.3 Å². The van der Waals surface area contributed by atoms with Crippen LogP contribution in [0.1, 0.15) is 37.3 Å². The zero-order chi connectivity index (χ0) is 20.5. The summed E-state index contributed by atoms with van der Waals surface area (Å²) in [6.45, 7) is 6.19. The molecule has 156 valence electrons. The number of aliphatic imine (C=N–C) groups is 1. The minimum Gasteiger partial charge on any atom is -0.359 e. The molecular formula is C22H32N6O. The van der Waals surface area contributed by atoms with Crippen LogP contribution in [0.3, 0.4) is 0 Å². The maximum atomic E-state index is 11.6. The van der Waals surface area contributed by atoms with Crippen molar-refractivity contribution in [1.29, 1.82) is 0 Å². The first-order valence-electron chi connectivity index (χ1n) is 10.5. The Morgan fingerprint density at radius 3 is 2.62 bits per heavy atom. The molecule has 7 heteroatoms. The van der Waals surface area contributed by atoms with Gasteiger partial charge >= 0.3 is 0 Å². The van der Waals surface area contributed by atoms with Gasteiger partial charge in [0, 0.05) is 45.5 Å². The monoisotopic (exact) mass is 396 g/mol. The number of hydrogen-bond donors (Lipinski definition) is 2. The lowest BCUT2D eigenvalue weighted by atomic mass is 9.93. The van der Waals surface area contributed by atoms with Crippen molar-refractivity contribution < 1.29 is 4.79 Å². The molecule has 2 heterocycles. The highest BCUT2D eigenvalue weighted by atomic mass is 16.1. The van der Waals surface area contributed by atoms with Crippen molar-refractivity contribution in [2.75, 3.05) is 26.7 Å². The van der Waals surface area contributed by atoms with Crippen LogP contribution in [0, 0.1) is 5.92 Å². The number of nitrogens with one attached hydrogen (secondary N) is 2. The lowest BCUT2D eigenvalue weighted by molar-refractivity contribution is -0.121. The fraction of sp³-hybridized carbons (Fsp3) is 0.500. The Bertz CT molecular complexity index is 793. The summed E-state index contributed by atoms with van der Waals surface area (Å²) in [6, 6.07) is 10.4. The molecule has 0 bridgehead atoms. The summed E-state index contributed by atoms with van der Waals surface area (Å²) in [7, 11) is 1.71. The zero-order valence-corrected chi connectivity index (χ0v) is 17.5. The fourth-order valence-corrected chi connectivity index (χ4v) is 3.73. The average molecular weight is 397 g/mol. The lowest BCUT2D eigenvalue weighted by Crippen LogP contribution is -2.46. The van der Waals surface area contributed by atoms with Crippen LogP contribution in [0.5, 0.6) is 0 Å². The quantitative estimate of drug-likeness (QED) is 0.556. The lowest BCUT2D eigenvalue weighted by Gasteiger charge is -2.34. The predicted octanol–water partition coefficient (Wildman–Crippen LogP) is 2.25. The molecule has 1 fully saturated rings. The van der Waals surface area contributed by atoms with Crippen molar-refractivity contribution >= 4 is 11.9 Å². The van der Waals surface area contributed by atoms with Crippen LogP contribution in [0.2, 0.25) is 0 Å². The Morgan fingerprint density at radius 1 is 1.21 bits per heavy atom. The van der Waals surface area contributed by atoms with E-state index in [2.05, 4.69) is 51.8 Å². The summed E-state index contributed by atoms with van der Waals surface area (Å²) in [5, 5.41) is 10.5. The highest BCUT2D eigenvalue weighted by Gasteiger charge is 2.23. The van der Waals surface area contributed by atoms with Crippen LogP contribution >= 0.6 is 0 Å². The molecule has 0 atom stereocenters. The van der Waals surface area contributed by atoms with Crippen molar-refractivity contribution in [3.63, 3.8) is 0 Å². The van der Waals surface area contributed by atoms with E-state index in [4.69, 9.17) is 4.99 Å². The second-order valence-electron chi connectivity index (χ2n) is 7.45. The Balaban J connectivity index is 1.64. The van der Waals surface area contributed by atoms with Gasteiger partial charge in [-0.05, 0) is 42.9 Å². The van der Waals surface area contributed by atoms with Gasteiger partial charge in [0.15, 0.2) is 5.96 Å². The minimum atomic E-state index is 0.137. The van der Waals surface area contributed by atoms with Gasteiger partial charge in [0.25, 0.3) is 0 Å². The number of carbonyl (C=O) groups excluding carboxylic acids is 1. The van der Waals surface area contributed by atoms with Crippen LogP contribution in [-0.2, 0) is 17.9 Å². The smallest absolute Gasteiger partial charge is 0.220 e. The molecule has 29 heavy (non-hydrogen) atoms. The van der Waals surface area contributed by atoms with Crippen molar-refractivity contribution in [3.05, 3.63) is 53.9 Å². The molecule has 1 saturated heterocycles. The van der Waals surface area contributed by atoms with Gasteiger partial charge in [-0.3, -0.25) is 9.48 Å². The molecular weight excluding hydrogens is 364 g/mol. The standard InChI is InChI=1S/C22H32N6O/c1-3-24-22(27-13-9-18(10-14-27)15-21(29)23-2)25-16-19-7-4-5-8-20(19)17-28-12-6-11-26-28/h4-8,11-12,18H,3,9-10,13-17H2,1-2H3,(H,23,29)(H,24,25). The summed E-state index contributed by atoms with van der Waals surface area (Å²) in [6.07, 6.45) is 6.45. The van der Waals surface area contributed by atoms with Crippen LogP contribution in [-0.4, -0.2) is 53.2 Å². The van der Waals surface area contributed by atoms with Crippen molar-refractivity contribution in [2.24, 2.45) is 10.9 Å². The van der Waals surface area contributed by atoms with E-state index in [1.165, 1.54) is 11.1 Å². The number of benzene rings is 1. The molecule has 0 saturated carbocycles. The first-order valence-corrected chi connectivity index (χ1v) is 10.5. The van der Waals surface area contributed by atoms with Crippen molar-refractivity contribution in [3.8, 4) is 0 Å². The van der Waals surface area contributed by atoms with Crippen LogP contribution in [0.4, 0.5) is 0 Å². The second kappa shape index (κ2) is 10.6. The van der Waals surface area contributed by atoms with Gasteiger partial charge in [-0.15, -0.1) is 0 Å². The van der Waals surface area contributed by atoms with E-state index in [1.54, 1.807) is 13.2 Å². The summed E-state index contributed by atoms with van der Waals surface area (Å²) in [5.74, 6) is 1.56. The Morgan fingerprint density at radius 2 is 1.97 bits per heavy atom. The first kappa shape index (κ1) is 20.9. The minimum absolute atomic E-state index is 0.137.